The minimum Gasteiger partial charge on any atom is -0.359 e. The second-order valence-electron chi connectivity index (χ2n) is 1.23. The number of aliphatic hydroxyl groups is 1. The van der Waals surface area contributed by atoms with E-state index < -0.39 is 11.6 Å². The van der Waals surface area contributed by atoms with Crippen molar-refractivity contribution in [3.8, 4) is 0 Å². The molecule has 2 fully saturated rings. The van der Waals surface area contributed by atoms with E-state index in [2.05, 4.69) is 0 Å². The summed E-state index contributed by atoms with van der Waals surface area (Å²) >= 11 is 0. The van der Waals surface area contributed by atoms with Crippen LogP contribution in [0.3, 0.4) is 0 Å². The van der Waals surface area contributed by atoms with Crippen molar-refractivity contribution in [2.75, 3.05) is 0 Å². The van der Waals surface area contributed by atoms with Crippen LogP contribution in [0.25, 0.3) is 0 Å². The van der Waals surface area contributed by atoms with Crippen molar-refractivity contribution in [2.45, 2.75) is 3.60 Å². The summed E-state index contributed by atoms with van der Waals surface area (Å²) in [6.07, 6.45) is 0. The lowest BCUT2D eigenvalue weighted by Gasteiger charge is -1.73. The highest BCUT2D eigenvalue weighted by Crippen LogP contribution is 2.90. The summed E-state index contributed by atoms with van der Waals surface area (Å²) in [5, 5.41) is 8.63. The van der Waals surface area contributed by atoms with Crippen molar-refractivity contribution in [1.29, 1.82) is 0 Å². The summed E-state index contributed by atoms with van der Waals surface area (Å²) in [5.74, 6) is 0. The van der Waals surface area contributed by atoms with Crippen LogP contribution in [0.1, 0.15) is 0 Å². The van der Waals surface area contributed by atoms with Crippen molar-refractivity contribution in [3.05, 3.63) is 0 Å². The van der Waals surface area contributed by atoms with Crippen LogP contribution in [0, 0.1) is 0 Å². The van der Waals surface area contributed by atoms with Gasteiger partial charge in [0, 0.05) is 8.00 Å². The summed E-state index contributed by atoms with van der Waals surface area (Å²) in [4.78, 5) is 0. The smallest absolute Gasteiger partial charge is 0.252 e. The summed E-state index contributed by atoms with van der Waals surface area (Å²) < 4.78 is 9.64. The first kappa shape index (κ1) is 3.77. The molecule has 0 aliphatic carbocycles. The Balaban J connectivity index is 2.56. The molecule has 0 saturated carbocycles. The van der Waals surface area contributed by atoms with Gasteiger partial charge in [0.25, 0.3) is 3.60 Å². The van der Waals surface area contributed by atoms with E-state index in [1.807, 2.05) is 0 Å². The van der Waals surface area contributed by atoms with Gasteiger partial charge in [-0.15, -0.1) is 0 Å². The molecule has 1 N–H and O–H groups in total. The highest BCUT2D eigenvalue weighted by atomic mass is 33.6. The van der Waals surface area contributed by atoms with Crippen LogP contribution in [-0.4, -0.2) is 12.9 Å². The molecule has 6 heavy (non-hydrogen) atoms. The molecule has 5 heteroatoms. The zero-order chi connectivity index (χ0) is 4.41. The van der Waals surface area contributed by atoms with Crippen LogP contribution < -0.4 is 0 Å². The Morgan fingerprint density at radius 1 is 1.67 bits per heavy atom. The molecule has 2 aliphatic heterocycles. The van der Waals surface area contributed by atoms with Crippen molar-refractivity contribution < 1.29 is 9.32 Å². The zero-order valence-electron chi connectivity index (χ0n) is 2.62. The average molecular weight is 142 g/mol. The Bertz CT molecular complexity index is 141. The lowest BCUT2D eigenvalue weighted by Crippen LogP contribution is -1.76. The summed E-state index contributed by atoms with van der Waals surface area (Å²) in [6.45, 7) is 0. The van der Waals surface area contributed by atoms with Gasteiger partial charge in [-0.3, -0.25) is 4.21 Å². The van der Waals surface area contributed by atoms with E-state index in [9.17, 15) is 4.21 Å². The predicted molar refractivity (Wildman–Crippen MR) is 29.7 cm³/mol. The van der Waals surface area contributed by atoms with E-state index in [0.29, 0.717) is 0 Å². The number of thiol groups is 1. The summed E-state index contributed by atoms with van der Waals surface area (Å²) in [6, 6.07) is 0. The number of hydrogen-bond acceptors (Lipinski definition) is 4. The van der Waals surface area contributed by atoms with Crippen molar-refractivity contribution in [2.24, 2.45) is 0 Å². The second kappa shape index (κ2) is 0.613. The third-order valence-electron chi connectivity index (χ3n) is 0.759. The van der Waals surface area contributed by atoms with E-state index >= 15 is 0 Å². The molecule has 0 unspecified atom stereocenters. The normalized spacial score (nSPS) is 62.2. The summed E-state index contributed by atoms with van der Waals surface area (Å²) in [5.41, 5.74) is 0. The van der Waals surface area contributed by atoms with E-state index in [-0.39, 0.29) is 0 Å². The zero-order valence-corrected chi connectivity index (χ0v) is 5.15. The van der Waals surface area contributed by atoms with Crippen LogP contribution in [0.5, 0.6) is 0 Å². The molecule has 0 aromatic carbocycles. The summed E-state index contributed by atoms with van der Waals surface area (Å²) in [7, 11) is 0.453. The maximum absolute atomic E-state index is 10.4. The van der Waals surface area contributed by atoms with Crippen LogP contribution in [0.4, 0.5) is 0 Å². The lowest BCUT2D eigenvalue weighted by atomic mass is 11.6. The third kappa shape index (κ3) is 0.220. The fraction of sp³-hybridized carbons (Fsp3) is 1.00. The lowest BCUT2D eigenvalue weighted by molar-refractivity contribution is 0.332. The van der Waals surface area contributed by atoms with Crippen LogP contribution in [0.15, 0.2) is 0 Å². The molecule has 0 spiro atoms. The second-order valence-corrected chi connectivity index (χ2v) is 10.2. The monoisotopic (exact) mass is 142 g/mol. The van der Waals surface area contributed by atoms with E-state index in [1.165, 1.54) is 21.6 Å². The molecule has 0 aromatic heterocycles. The van der Waals surface area contributed by atoms with Gasteiger partial charge >= 0.3 is 0 Å². The highest BCUT2D eigenvalue weighted by Gasteiger charge is 2.81. The Morgan fingerprint density at radius 2 is 1.83 bits per heavy atom. The van der Waals surface area contributed by atoms with Gasteiger partial charge in [-0.2, -0.15) is 0 Å². The quantitative estimate of drug-likeness (QED) is 0.282. The standard InChI is InChI=1S/CH2O2S3/c2-1-4-6(1,3)5-1/h2,6H. The molecular formula is CH2O2S3. The van der Waals surface area contributed by atoms with Gasteiger partial charge in [0.2, 0.25) is 0 Å². The van der Waals surface area contributed by atoms with Crippen molar-refractivity contribution in [3.63, 3.8) is 0 Å². The molecule has 36 valence electrons. The fourth-order valence-electron chi connectivity index (χ4n) is 0.279. The van der Waals surface area contributed by atoms with Crippen LogP contribution >= 0.6 is 21.6 Å². The Morgan fingerprint density at radius 3 is 1.83 bits per heavy atom. The third-order valence-corrected chi connectivity index (χ3v) is 10.6. The number of fused-ring (bicyclic) bond motifs is 1. The maximum atomic E-state index is 10.4. The van der Waals surface area contributed by atoms with Gasteiger partial charge < -0.3 is 5.11 Å². The molecular weight excluding hydrogens is 140 g/mol. The van der Waals surface area contributed by atoms with Gasteiger partial charge in [0.05, 0.1) is 0 Å². The molecule has 0 aromatic rings. The van der Waals surface area contributed by atoms with Crippen molar-refractivity contribution in [1.82, 2.24) is 0 Å². The first-order chi connectivity index (χ1) is 2.66. The molecule has 0 bridgehead atoms. The molecule has 0 amide bonds. The molecule has 2 saturated heterocycles. The Hall–Kier alpha value is 0.810. The van der Waals surface area contributed by atoms with Gasteiger partial charge in [-0.25, -0.2) is 0 Å². The minimum atomic E-state index is -1.95. The minimum absolute atomic E-state index is 0.757. The number of rotatable bonds is 0. The van der Waals surface area contributed by atoms with Gasteiger partial charge in [-0.1, -0.05) is 0 Å². The first-order valence-corrected chi connectivity index (χ1v) is 5.95. The maximum Gasteiger partial charge on any atom is 0.252 e. The molecule has 2 heterocycles. The van der Waals surface area contributed by atoms with Crippen LogP contribution in [0.2, 0.25) is 0 Å². The Kier molecular flexibility index (Phi) is 0.385. The van der Waals surface area contributed by atoms with E-state index in [1.54, 1.807) is 0 Å². The first-order valence-electron chi connectivity index (χ1n) is 1.40. The fourth-order valence-corrected chi connectivity index (χ4v) is 8.00. The van der Waals surface area contributed by atoms with Gasteiger partial charge in [0.1, 0.15) is 0 Å². The predicted octanol–water partition coefficient (Wildman–Crippen LogP) is -0.0697. The van der Waals surface area contributed by atoms with E-state index in [4.69, 9.17) is 5.11 Å². The molecule has 2 aliphatic rings. The van der Waals surface area contributed by atoms with Gasteiger partial charge in [0.15, 0.2) is 0 Å². The molecule has 2 rings (SSSR count). The largest absolute Gasteiger partial charge is 0.359 e. The van der Waals surface area contributed by atoms with E-state index in [0.717, 1.165) is 0 Å². The van der Waals surface area contributed by atoms with Crippen molar-refractivity contribution >= 4 is 29.6 Å². The topological polar surface area (TPSA) is 37.3 Å². The molecule has 0 atom stereocenters. The molecule has 2 nitrogen and oxygen atoms in total. The molecule has 0 radical (unpaired) electrons. The Labute approximate surface area is 42.9 Å². The average Bonchev–Trinajstić information content (AvgIpc) is 1.78. The SMILES string of the molecule is O=[SH]12SC1(O)S2. The van der Waals surface area contributed by atoms with Gasteiger partial charge in [-0.05, 0) is 21.6 Å². The van der Waals surface area contributed by atoms with Crippen LogP contribution in [-0.2, 0) is 8.00 Å². The number of hydrogen-bond donors (Lipinski definition) is 2. The highest BCUT2D eigenvalue weighted by molar-refractivity contribution is 9.38.